The maximum Gasteiger partial charge on any atom is 0.0992 e. The Hall–Kier alpha value is -2.55. The van der Waals surface area contributed by atoms with Gasteiger partial charge in [-0.2, -0.15) is 0 Å². The molecule has 0 spiro atoms. The lowest BCUT2D eigenvalue weighted by Crippen LogP contribution is -1.98. The highest BCUT2D eigenvalue weighted by atomic mass is 15.1. The SMILES string of the molecule is c1ccc(Nc2ccccc2-n2ccnc2)cc1. The van der Waals surface area contributed by atoms with E-state index in [4.69, 9.17) is 0 Å². The molecule has 1 heterocycles. The molecule has 3 aromatic rings. The van der Waals surface area contributed by atoms with Gasteiger partial charge in [-0.15, -0.1) is 0 Å². The van der Waals surface area contributed by atoms with Crippen molar-refractivity contribution >= 4 is 11.4 Å². The van der Waals surface area contributed by atoms with E-state index in [0.717, 1.165) is 17.1 Å². The number of hydrogen-bond donors (Lipinski definition) is 1. The van der Waals surface area contributed by atoms with Crippen LogP contribution in [-0.2, 0) is 0 Å². The Bertz CT molecular complexity index is 615. The molecule has 0 atom stereocenters. The summed E-state index contributed by atoms with van der Waals surface area (Å²) < 4.78 is 1.99. The first-order valence-corrected chi connectivity index (χ1v) is 5.83. The molecule has 0 bridgehead atoms. The van der Waals surface area contributed by atoms with Crippen molar-refractivity contribution < 1.29 is 0 Å². The Morgan fingerprint density at radius 3 is 2.44 bits per heavy atom. The van der Waals surface area contributed by atoms with Crippen LogP contribution in [0.15, 0.2) is 73.3 Å². The first-order valence-electron chi connectivity index (χ1n) is 5.83. The summed E-state index contributed by atoms with van der Waals surface area (Å²) in [4.78, 5) is 4.08. The smallest absolute Gasteiger partial charge is 0.0992 e. The van der Waals surface area contributed by atoms with Crippen LogP contribution in [0.4, 0.5) is 11.4 Å². The molecule has 18 heavy (non-hydrogen) atoms. The van der Waals surface area contributed by atoms with Crippen molar-refractivity contribution in [1.82, 2.24) is 9.55 Å². The van der Waals surface area contributed by atoms with Gasteiger partial charge in [0.1, 0.15) is 0 Å². The molecule has 0 saturated heterocycles. The number of nitrogens with zero attached hydrogens (tertiary/aromatic N) is 2. The molecule has 2 aromatic carbocycles. The van der Waals surface area contributed by atoms with Gasteiger partial charge in [0.05, 0.1) is 17.7 Å². The standard InChI is InChI=1S/C15H13N3/c1-2-6-13(7-3-1)17-14-8-4-5-9-15(14)18-11-10-16-12-18/h1-12,17H. The van der Waals surface area contributed by atoms with Crippen LogP contribution in [0.1, 0.15) is 0 Å². The number of imidazole rings is 1. The molecule has 0 aliphatic heterocycles. The van der Waals surface area contributed by atoms with Gasteiger partial charge in [-0.05, 0) is 24.3 Å². The fraction of sp³-hybridized carbons (Fsp3) is 0. The fourth-order valence-corrected chi connectivity index (χ4v) is 1.88. The van der Waals surface area contributed by atoms with E-state index in [1.165, 1.54) is 0 Å². The minimum atomic E-state index is 1.06. The second kappa shape index (κ2) is 4.75. The van der Waals surface area contributed by atoms with Crippen LogP contribution in [0.2, 0.25) is 0 Å². The Morgan fingerprint density at radius 1 is 0.889 bits per heavy atom. The minimum Gasteiger partial charge on any atom is -0.354 e. The predicted molar refractivity (Wildman–Crippen MR) is 73.3 cm³/mol. The molecule has 0 aliphatic carbocycles. The van der Waals surface area contributed by atoms with E-state index in [1.807, 2.05) is 53.2 Å². The van der Waals surface area contributed by atoms with Crippen LogP contribution >= 0.6 is 0 Å². The van der Waals surface area contributed by atoms with E-state index in [9.17, 15) is 0 Å². The van der Waals surface area contributed by atoms with Crippen LogP contribution in [0.5, 0.6) is 0 Å². The molecule has 0 amide bonds. The summed E-state index contributed by atoms with van der Waals surface area (Å²) in [5, 5.41) is 3.41. The molecule has 0 saturated carbocycles. The number of hydrogen-bond acceptors (Lipinski definition) is 2. The van der Waals surface area contributed by atoms with Gasteiger partial charge < -0.3 is 9.88 Å². The third-order valence-corrected chi connectivity index (χ3v) is 2.74. The minimum absolute atomic E-state index is 1.06. The van der Waals surface area contributed by atoms with Crippen LogP contribution < -0.4 is 5.32 Å². The van der Waals surface area contributed by atoms with Gasteiger partial charge in [-0.25, -0.2) is 4.98 Å². The third-order valence-electron chi connectivity index (χ3n) is 2.74. The second-order valence-corrected chi connectivity index (χ2v) is 3.98. The fourth-order valence-electron chi connectivity index (χ4n) is 1.88. The lowest BCUT2D eigenvalue weighted by molar-refractivity contribution is 1.06. The van der Waals surface area contributed by atoms with E-state index in [0.29, 0.717) is 0 Å². The molecule has 1 aromatic heterocycles. The van der Waals surface area contributed by atoms with Crippen molar-refractivity contribution in [2.24, 2.45) is 0 Å². The van der Waals surface area contributed by atoms with E-state index < -0.39 is 0 Å². The van der Waals surface area contributed by atoms with E-state index in [1.54, 1.807) is 12.5 Å². The van der Waals surface area contributed by atoms with Gasteiger partial charge in [0.15, 0.2) is 0 Å². The van der Waals surface area contributed by atoms with Gasteiger partial charge >= 0.3 is 0 Å². The van der Waals surface area contributed by atoms with Gasteiger partial charge in [-0.1, -0.05) is 30.3 Å². The summed E-state index contributed by atoms with van der Waals surface area (Å²) in [5.74, 6) is 0. The molecule has 0 fully saturated rings. The van der Waals surface area contributed by atoms with E-state index >= 15 is 0 Å². The highest BCUT2D eigenvalue weighted by Gasteiger charge is 2.03. The molecule has 0 radical (unpaired) electrons. The van der Waals surface area contributed by atoms with Crippen molar-refractivity contribution in [2.45, 2.75) is 0 Å². The average molecular weight is 235 g/mol. The summed E-state index contributed by atoms with van der Waals surface area (Å²) in [6.45, 7) is 0. The van der Waals surface area contributed by atoms with E-state index in [2.05, 4.69) is 22.4 Å². The lowest BCUT2D eigenvalue weighted by atomic mass is 10.2. The quantitative estimate of drug-likeness (QED) is 0.751. The summed E-state index contributed by atoms with van der Waals surface area (Å²) in [7, 11) is 0. The Balaban J connectivity index is 1.98. The highest BCUT2D eigenvalue weighted by molar-refractivity contribution is 5.68. The Kier molecular flexibility index (Phi) is 2.80. The monoisotopic (exact) mass is 235 g/mol. The second-order valence-electron chi connectivity index (χ2n) is 3.98. The highest BCUT2D eigenvalue weighted by Crippen LogP contribution is 2.23. The zero-order chi connectivity index (χ0) is 12.2. The van der Waals surface area contributed by atoms with Crippen LogP contribution in [0.3, 0.4) is 0 Å². The van der Waals surface area contributed by atoms with Crippen molar-refractivity contribution in [1.29, 1.82) is 0 Å². The van der Waals surface area contributed by atoms with Crippen LogP contribution in [0.25, 0.3) is 5.69 Å². The molecule has 0 aliphatic rings. The van der Waals surface area contributed by atoms with E-state index in [-0.39, 0.29) is 0 Å². The molecule has 3 rings (SSSR count). The molecule has 0 unspecified atom stereocenters. The van der Waals surface area contributed by atoms with Gasteiger partial charge in [-0.3, -0.25) is 0 Å². The van der Waals surface area contributed by atoms with Crippen molar-refractivity contribution in [3.05, 3.63) is 73.3 Å². The average Bonchev–Trinajstić information content (AvgIpc) is 2.94. The topological polar surface area (TPSA) is 29.9 Å². The Labute approximate surface area is 106 Å². The lowest BCUT2D eigenvalue weighted by Gasteiger charge is -2.12. The molecular formula is C15H13N3. The number of rotatable bonds is 3. The molecule has 3 nitrogen and oxygen atoms in total. The molecule has 88 valence electrons. The number of nitrogens with one attached hydrogen (secondary N) is 1. The summed E-state index contributed by atoms with van der Waals surface area (Å²) >= 11 is 0. The van der Waals surface area contributed by atoms with Crippen LogP contribution in [0, 0.1) is 0 Å². The first kappa shape index (κ1) is 10.6. The first-order chi connectivity index (χ1) is 8.93. The predicted octanol–water partition coefficient (Wildman–Crippen LogP) is 3.62. The number of aromatic nitrogens is 2. The van der Waals surface area contributed by atoms with Crippen molar-refractivity contribution in [3.8, 4) is 5.69 Å². The van der Waals surface area contributed by atoms with Crippen LogP contribution in [-0.4, -0.2) is 9.55 Å². The summed E-state index contributed by atoms with van der Waals surface area (Å²) in [6, 6.07) is 18.3. The van der Waals surface area contributed by atoms with Gasteiger partial charge in [0, 0.05) is 18.1 Å². The zero-order valence-electron chi connectivity index (χ0n) is 9.82. The van der Waals surface area contributed by atoms with Crippen molar-refractivity contribution in [3.63, 3.8) is 0 Å². The normalized spacial score (nSPS) is 10.2. The van der Waals surface area contributed by atoms with Gasteiger partial charge in [0.2, 0.25) is 0 Å². The molecule has 1 N–H and O–H groups in total. The number of benzene rings is 2. The number of anilines is 2. The Morgan fingerprint density at radius 2 is 1.67 bits per heavy atom. The molecular weight excluding hydrogens is 222 g/mol. The largest absolute Gasteiger partial charge is 0.354 e. The maximum atomic E-state index is 4.08. The zero-order valence-corrected chi connectivity index (χ0v) is 9.82. The maximum absolute atomic E-state index is 4.08. The number of para-hydroxylation sites is 3. The summed E-state index contributed by atoms with van der Waals surface area (Å²) in [6.07, 6.45) is 5.51. The summed E-state index contributed by atoms with van der Waals surface area (Å²) in [5.41, 5.74) is 3.21. The van der Waals surface area contributed by atoms with Gasteiger partial charge in [0.25, 0.3) is 0 Å². The third kappa shape index (κ3) is 2.11. The van der Waals surface area contributed by atoms with Crippen molar-refractivity contribution in [2.75, 3.05) is 5.32 Å². The molecule has 3 heteroatoms.